The minimum atomic E-state index is -0.0133. The molecule has 11 heteroatoms. The quantitative estimate of drug-likeness (QED) is 0.167. The van der Waals surface area contributed by atoms with Crippen molar-refractivity contribution in [3.8, 4) is 17.1 Å². The molecule has 0 radical (unpaired) electrons. The topological polar surface area (TPSA) is 67.2 Å². The van der Waals surface area contributed by atoms with Gasteiger partial charge in [-0.1, -0.05) is 83.5 Å². The lowest BCUT2D eigenvalue weighted by Gasteiger charge is -2.34. The summed E-state index contributed by atoms with van der Waals surface area (Å²) < 4.78 is 1.99. The van der Waals surface area contributed by atoms with E-state index in [1.165, 1.54) is 28.7 Å². The molecule has 0 aliphatic carbocycles. The maximum atomic E-state index is 13.2. The predicted octanol–water partition coefficient (Wildman–Crippen LogP) is 7.26. The second kappa shape index (κ2) is 13.0. The van der Waals surface area contributed by atoms with Crippen LogP contribution in [-0.4, -0.2) is 61.6 Å². The van der Waals surface area contributed by atoms with Crippen LogP contribution in [0.5, 0.6) is 0 Å². The van der Waals surface area contributed by atoms with Gasteiger partial charge in [0, 0.05) is 48.7 Å². The minimum absolute atomic E-state index is 0.0133. The van der Waals surface area contributed by atoms with Crippen LogP contribution in [0.25, 0.3) is 17.1 Å². The fourth-order valence-electron chi connectivity index (χ4n) is 4.94. The van der Waals surface area contributed by atoms with Crippen LogP contribution in [0.15, 0.2) is 83.3 Å². The molecular weight excluding hydrogens is 607 g/mol. The van der Waals surface area contributed by atoms with Crippen molar-refractivity contribution in [1.82, 2.24) is 29.5 Å². The van der Waals surface area contributed by atoms with E-state index in [2.05, 4.69) is 39.4 Å². The molecular formula is C31H28Cl2N6OS2. The monoisotopic (exact) mass is 634 g/mol. The van der Waals surface area contributed by atoms with E-state index >= 15 is 0 Å². The Labute approximate surface area is 263 Å². The number of thiazole rings is 1. The SMILES string of the molecule is Cc1ccc(Cl)cc1-n1c(SCc2nc(C(=O)N3CCN(Cc4ccccc4)CC3)cs2)nnc1-c1ccccc1Cl. The molecule has 7 nitrogen and oxygen atoms in total. The first kappa shape index (κ1) is 28.9. The molecule has 0 atom stereocenters. The number of amides is 1. The van der Waals surface area contributed by atoms with Gasteiger partial charge in [0.2, 0.25) is 0 Å². The molecule has 1 saturated heterocycles. The maximum Gasteiger partial charge on any atom is 0.273 e. The van der Waals surface area contributed by atoms with Crippen LogP contribution in [0, 0.1) is 6.92 Å². The number of carbonyl (C=O) groups is 1. The van der Waals surface area contributed by atoms with Gasteiger partial charge < -0.3 is 4.90 Å². The number of hydrogen-bond acceptors (Lipinski definition) is 7. The summed E-state index contributed by atoms with van der Waals surface area (Å²) >= 11 is 15.9. The second-order valence-electron chi connectivity index (χ2n) is 10.0. The van der Waals surface area contributed by atoms with Crippen molar-refractivity contribution in [1.29, 1.82) is 0 Å². The lowest BCUT2D eigenvalue weighted by Crippen LogP contribution is -2.48. The molecule has 1 aliphatic heterocycles. The van der Waals surface area contributed by atoms with Gasteiger partial charge in [-0.25, -0.2) is 4.98 Å². The molecule has 3 heterocycles. The molecule has 0 spiro atoms. The van der Waals surface area contributed by atoms with Crippen LogP contribution < -0.4 is 0 Å². The normalized spacial score (nSPS) is 13.9. The van der Waals surface area contributed by atoms with Crippen LogP contribution in [-0.2, 0) is 12.3 Å². The molecule has 2 aromatic heterocycles. The number of benzene rings is 3. The van der Waals surface area contributed by atoms with Gasteiger partial charge in [-0.05, 0) is 42.3 Å². The first-order chi connectivity index (χ1) is 20.5. The molecule has 6 rings (SSSR count). The van der Waals surface area contributed by atoms with Crippen molar-refractivity contribution in [2.24, 2.45) is 0 Å². The van der Waals surface area contributed by atoms with Crippen LogP contribution in [0.2, 0.25) is 10.0 Å². The van der Waals surface area contributed by atoms with Gasteiger partial charge in [-0.15, -0.1) is 21.5 Å². The van der Waals surface area contributed by atoms with E-state index < -0.39 is 0 Å². The summed E-state index contributed by atoms with van der Waals surface area (Å²) in [4.78, 5) is 22.2. The lowest BCUT2D eigenvalue weighted by atomic mass is 10.1. The molecule has 3 aromatic carbocycles. The lowest BCUT2D eigenvalue weighted by molar-refractivity contribution is 0.0623. The molecule has 0 saturated carbocycles. The summed E-state index contributed by atoms with van der Waals surface area (Å²) in [6.07, 6.45) is 0. The summed E-state index contributed by atoms with van der Waals surface area (Å²) in [6, 6.07) is 23.8. The number of nitrogens with zero attached hydrogens (tertiary/aromatic N) is 6. The fraction of sp³-hybridized carbons (Fsp3) is 0.226. The molecule has 0 N–H and O–H groups in total. The molecule has 214 valence electrons. The van der Waals surface area contributed by atoms with Gasteiger partial charge in [0.25, 0.3) is 5.91 Å². The third kappa shape index (κ3) is 6.40. The minimum Gasteiger partial charge on any atom is -0.335 e. The van der Waals surface area contributed by atoms with Gasteiger partial charge in [0.05, 0.1) is 16.5 Å². The Bertz CT molecular complexity index is 1700. The Kier molecular flexibility index (Phi) is 8.92. The molecule has 5 aromatic rings. The van der Waals surface area contributed by atoms with Gasteiger partial charge in [0.15, 0.2) is 11.0 Å². The summed E-state index contributed by atoms with van der Waals surface area (Å²) in [6.45, 7) is 6.01. The van der Waals surface area contributed by atoms with E-state index in [0.717, 1.165) is 41.5 Å². The molecule has 0 unspecified atom stereocenters. The summed E-state index contributed by atoms with van der Waals surface area (Å²) in [5.41, 5.74) is 4.48. The Balaban J connectivity index is 1.15. The number of aromatic nitrogens is 4. The van der Waals surface area contributed by atoms with E-state index in [0.29, 0.717) is 45.6 Å². The first-order valence-electron chi connectivity index (χ1n) is 13.6. The van der Waals surface area contributed by atoms with Crippen LogP contribution in [0.4, 0.5) is 0 Å². The Hall–Kier alpha value is -3.21. The standard InChI is InChI=1S/C31H28Cl2N6OS2/c1-21-11-12-23(32)17-27(21)39-29(24-9-5-6-10-25(24)33)35-36-31(39)42-20-28-34-26(19-41-28)30(40)38-15-13-37(14-16-38)18-22-7-3-2-4-8-22/h2-12,17,19H,13-16,18,20H2,1H3. The van der Waals surface area contributed by atoms with E-state index in [1.54, 1.807) is 0 Å². The number of halogens is 2. The van der Waals surface area contributed by atoms with Crippen molar-refractivity contribution in [3.63, 3.8) is 0 Å². The number of carbonyl (C=O) groups excluding carboxylic acids is 1. The van der Waals surface area contributed by atoms with Crippen molar-refractivity contribution in [3.05, 3.63) is 110 Å². The highest BCUT2D eigenvalue weighted by molar-refractivity contribution is 7.98. The first-order valence-corrected chi connectivity index (χ1v) is 16.2. The van der Waals surface area contributed by atoms with Crippen LogP contribution in [0.1, 0.15) is 26.6 Å². The highest BCUT2D eigenvalue weighted by atomic mass is 35.5. The number of hydrogen-bond donors (Lipinski definition) is 0. The summed E-state index contributed by atoms with van der Waals surface area (Å²) in [5, 5.41) is 13.6. The average Bonchev–Trinajstić information content (AvgIpc) is 3.65. The largest absolute Gasteiger partial charge is 0.335 e. The Morgan fingerprint density at radius 3 is 2.50 bits per heavy atom. The maximum absolute atomic E-state index is 13.2. The van der Waals surface area contributed by atoms with Crippen LogP contribution >= 0.6 is 46.3 Å². The second-order valence-corrected chi connectivity index (χ2v) is 12.8. The number of thioether (sulfide) groups is 1. The molecule has 1 amide bonds. The molecule has 42 heavy (non-hydrogen) atoms. The summed E-state index contributed by atoms with van der Waals surface area (Å²) in [7, 11) is 0. The fourth-order valence-corrected chi connectivity index (χ4v) is 7.05. The number of aryl methyl sites for hydroxylation is 1. The van der Waals surface area contributed by atoms with E-state index in [-0.39, 0.29) is 5.91 Å². The molecule has 1 fully saturated rings. The zero-order valence-corrected chi connectivity index (χ0v) is 26.1. The third-order valence-electron chi connectivity index (χ3n) is 7.16. The van der Waals surface area contributed by atoms with Gasteiger partial charge in [0.1, 0.15) is 10.7 Å². The van der Waals surface area contributed by atoms with Gasteiger partial charge >= 0.3 is 0 Å². The van der Waals surface area contributed by atoms with E-state index in [1.807, 2.05) is 70.3 Å². The van der Waals surface area contributed by atoms with Crippen molar-refractivity contribution in [2.45, 2.75) is 24.4 Å². The van der Waals surface area contributed by atoms with Crippen LogP contribution in [0.3, 0.4) is 0 Å². The Morgan fingerprint density at radius 2 is 1.71 bits per heavy atom. The smallest absolute Gasteiger partial charge is 0.273 e. The number of rotatable bonds is 8. The van der Waals surface area contributed by atoms with Crippen molar-refractivity contribution in [2.75, 3.05) is 26.2 Å². The van der Waals surface area contributed by atoms with Crippen molar-refractivity contribution < 1.29 is 4.79 Å². The third-order valence-corrected chi connectivity index (χ3v) is 9.70. The highest BCUT2D eigenvalue weighted by Gasteiger charge is 2.25. The number of piperazine rings is 1. The zero-order chi connectivity index (χ0) is 29.1. The Morgan fingerprint density at radius 1 is 0.952 bits per heavy atom. The summed E-state index contributed by atoms with van der Waals surface area (Å²) in [5.74, 6) is 1.17. The average molecular weight is 636 g/mol. The van der Waals surface area contributed by atoms with Crippen molar-refractivity contribution >= 4 is 52.2 Å². The van der Waals surface area contributed by atoms with Gasteiger partial charge in [-0.3, -0.25) is 14.3 Å². The van der Waals surface area contributed by atoms with E-state index in [4.69, 9.17) is 28.2 Å². The zero-order valence-electron chi connectivity index (χ0n) is 22.9. The predicted molar refractivity (Wildman–Crippen MR) is 171 cm³/mol. The molecule has 1 aliphatic rings. The highest BCUT2D eigenvalue weighted by Crippen LogP contribution is 2.35. The molecule has 0 bridgehead atoms. The van der Waals surface area contributed by atoms with E-state index in [9.17, 15) is 4.79 Å². The van der Waals surface area contributed by atoms with Gasteiger partial charge in [-0.2, -0.15) is 0 Å².